The molecule has 0 aliphatic heterocycles. The molecule has 10 aromatic rings. The second-order valence-electron chi connectivity index (χ2n) is 15.2. The number of nitrogens with zero attached hydrogens (tertiary/aromatic N) is 1. The summed E-state index contributed by atoms with van der Waals surface area (Å²) in [5.74, 6) is 0. The van der Waals surface area contributed by atoms with Crippen LogP contribution in [0, 0.1) is 0 Å². The van der Waals surface area contributed by atoms with Crippen molar-refractivity contribution in [3.05, 3.63) is 199 Å². The van der Waals surface area contributed by atoms with Crippen molar-refractivity contribution in [2.75, 3.05) is 4.90 Å². The van der Waals surface area contributed by atoms with Crippen LogP contribution in [0.3, 0.4) is 0 Å². The molecule has 0 bridgehead atoms. The van der Waals surface area contributed by atoms with Gasteiger partial charge in [-0.2, -0.15) is 0 Å². The Kier molecular flexibility index (Phi) is 7.14. The van der Waals surface area contributed by atoms with E-state index in [9.17, 15) is 0 Å². The summed E-state index contributed by atoms with van der Waals surface area (Å²) < 4.78 is 2.59. The van der Waals surface area contributed by atoms with E-state index in [1.165, 1.54) is 91.9 Å². The standard InChI is InChI=1S/C53H37NS/c1-53(2)46-32-30-37(33-45(46)43-31-29-35-17-6-7-20-39(35)51(43)53)54(48-27-14-25-44-41-22-9-11-28-49(41)55-52(44)48)47-26-10-8-21-40(47)42-24-13-19-36-18-12-23-38(50(36)42)34-15-4-3-5-16-34/h3-33H,1-2H3. The van der Waals surface area contributed by atoms with Gasteiger partial charge in [0.25, 0.3) is 0 Å². The van der Waals surface area contributed by atoms with Crippen LogP contribution in [0.2, 0.25) is 0 Å². The van der Waals surface area contributed by atoms with Crippen LogP contribution in [0.4, 0.5) is 17.1 Å². The molecule has 1 aromatic heterocycles. The van der Waals surface area contributed by atoms with Crippen molar-refractivity contribution in [2.45, 2.75) is 19.3 Å². The van der Waals surface area contributed by atoms with Crippen LogP contribution in [0.5, 0.6) is 0 Å². The van der Waals surface area contributed by atoms with Gasteiger partial charge in [-0.25, -0.2) is 0 Å². The molecule has 260 valence electrons. The minimum Gasteiger partial charge on any atom is -0.308 e. The highest BCUT2D eigenvalue weighted by Crippen LogP contribution is 2.54. The molecule has 0 saturated heterocycles. The molecule has 55 heavy (non-hydrogen) atoms. The van der Waals surface area contributed by atoms with Gasteiger partial charge in [0.1, 0.15) is 0 Å². The largest absolute Gasteiger partial charge is 0.308 e. The highest BCUT2D eigenvalue weighted by Gasteiger charge is 2.37. The molecule has 0 spiro atoms. The summed E-state index contributed by atoms with van der Waals surface area (Å²) in [6.45, 7) is 4.78. The highest BCUT2D eigenvalue weighted by molar-refractivity contribution is 7.26. The van der Waals surface area contributed by atoms with E-state index in [2.05, 4.69) is 207 Å². The molecule has 0 radical (unpaired) electrons. The van der Waals surface area contributed by atoms with Gasteiger partial charge >= 0.3 is 0 Å². The maximum Gasteiger partial charge on any atom is 0.0640 e. The molecule has 0 saturated carbocycles. The van der Waals surface area contributed by atoms with Crippen molar-refractivity contribution in [3.8, 4) is 33.4 Å². The Morgan fingerprint density at radius 3 is 1.96 bits per heavy atom. The third-order valence-electron chi connectivity index (χ3n) is 11.8. The van der Waals surface area contributed by atoms with Crippen LogP contribution in [-0.4, -0.2) is 0 Å². The summed E-state index contributed by atoms with van der Waals surface area (Å²) in [6, 6.07) is 69.6. The van der Waals surface area contributed by atoms with Crippen molar-refractivity contribution in [1.82, 2.24) is 0 Å². The van der Waals surface area contributed by atoms with Crippen LogP contribution in [0.1, 0.15) is 25.0 Å². The monoisotopic (exact) mass is 719 g/mol. The number of thiophene rings is 1. The first-order chi connectivity index (χ1) is 27.1. The van der Waals surface area contributed by atoms with Gasteiger partial charge in [-0.15, -0.1) is 11.3 Å². The summed E-state index contributed by atoms with van der Waals surface area (Å²) in [4.78, 5) is 2.53. The van der Waals surface area contributed by atoms with Crippen molar-refractivity contribution in [3.63, 3.8) is 0 Å². The lowest BCUT2D eigenvalue weighted by Crippen LogP contribution is -2.16. The molecule has 9 aromatic carbocycles. The minimum atomic E-state index is -0.130. The number of para-hydroxylation sites is 1. The number of hydrogen-bond acceptors (Lipinski definition) is 2. The van der Waals surface area contributed by atoms with E-state index in [4.69, 9.17) is 0 Å². The van der Waals surface area contributed by atoms with E-state index in [1.54, 1.807) is 0 Å². The Morgan fingerprint density at radius 2 is 1.09 bits per heavy atom. The average Bonchev–Trinajstić information content (AvgIpc) is 3.73. The maximum absolute atomic E-state index is 2.53. The van der Waals surface area contributed by atoms with E-state index in [0.29, 0.717) is 0 Å². The van der Waals surface area contributed by atoms with Gasteiger partial charge < -0.3 is 4.90 Å². The number of anilines is 3. The van der Waals surface area contributed by atoms with E-state index >= 15 is 0 Å². The molecule has 1 nitrogen and oxygen atoms in total. The fourth-order valence-corrected chi connectivity index (χ4v) is 10.6. The lowest BCUT2D eigenvalue weighted by atomic mass is 9.80. The smallest absolute Gasteiger partial charge is 0.0640 e. The number of benzene rings is 9. The number of rotatable bonds is 5. The van der Waals surface area contributed by atoms with Gasteiger partial charge in [0, 0.05) is 32.1 Å². The Hall–Kier alpha value is -6.48. The van der Waals surface area contributed by atoms with Gasteiger partial charge in [0.15, 0.2) is 0 Å². The number of hydrogen-bond donors (Lipinski definition) is 0. The summed E-state index contributed by atoms with van der Waals surface area (Å²) in [7, 11) is 0. The first kappa shape index (κ1) is 32.0. The molecular weight excluding hydrogens is 683 g/mol. The molecule has 0 unspecified atom stereocenters. The molecule has 0 N–H and O–H groups in total. The van der Waals surface area contributed by atoms with E-state index in [0.717, 1.165) is 11.4 Å². The van der Waals surface area contributed by atoms with Crippen LogP contribution in [-0.2, 0) is 5.41 Å². The van der Waals surface area contributed by atoms with Gasteiger partial charge in [0.05, 0.1) is 16.1 Å². The molecule has 1 heterocycles. The van der Waals surface area contributed by atoms with Crippen molar-refractivity contribution < 1.29 is 0 Å². The maximum atomic E-state index is 2.53. The van der Waals surface area contributed by atoms with Crippen molar-refractivity contribution in [1.29, 1.82) is 0 Å². The highest BCUT2D eigenvalue weighted by atomic mass is 32.1. The molecule has 0 fully saturated rings. The van der Waals surface area contributed by atoms with Gasteiger partial charge in [-0.05, 0) is 90.8 Å². The predicted octanol–water partition coefficient (Wildman–Crippen LogP) is 15.5. The fourth-order valence-electron chi connectivity index (χ4n) is 9.38. The summed E-state index contributed by atoms with van der Waals surface area (Å²) >= 11 is 1.88. The van der Waals surface area contributed by atoms with Crippen LogP contribution >= 0.6 is 11.3 Å². The number of fused-ring (bicyclic) bond motifs is 9. The Balaban J connectivity index is 1.20. The molecular formula is C53H37NS. The van der Waals surface area contributed by atoms with Gasteiger partial charge in [-0.3, -0.25) is 0 Å². The summed E-state index contributed by atoms with van der Waals surface area (Å²) in [6.07, 6.45) is 0. The fraction of sp³-hybridized carbons (Fsp3) is 0.0566. The zero-order chi connectivity index (χ0) is 36.7. The van der Waals surface area contributed by atoms with Crippen molar-refractivity contribution in [2.24, 2.45) is 0 Å². The van der Waals surface area contributed by atoms with Crippen LogP contribution in [0.25, 0.3) is 75.1 Å². The summed E-state index contributed by atoms with van der Waals surface area (Å²) in [5.41, 5.74) is 13.7. The SMILES string of the molecule is CC1(C)c2ccc(N(c3ccccc3-c3cccc4cccc(-c5ccccc5)c34)c3cccc4c3sc3ccccc34)cc2-c2ccc3ccccc3c21. The van der Waals surface area contributed by atoms with E-state index in [-0.39, 0.29) is 5.41 Å². The second-order valence-corrected chi connectivity index (χ2v) is 16.3. The normalized spacial score (nSPS) is 13.1. The van der Waals surface area contributed by atoms with Gasteiger partial charge in [-0.1, -0.05) is 172 Å². The van der Waals surface area contributed by atoms with Crippen LogP contribution in [0.15, 0.2) is 188 Å². The lowest BCUT2D eigenvalue weighted by Gasteiger charge is -2.30. The molecule has 1 aliphatic carbocycles. The quantitative estimate of drug-likeness (QED) is 0.171. The topological polar surface area (TPSA) is 3.24 Å². The van der Waals surface area contributed by atoms with Crippen molar-refractivity contribution >= 4 is 70.1 Å². The van der Waals surface area contributed by atoms with Gasteiger partial charge in [0.2, 0.25) is 0 Å². The molecule has 1 aliphatic rings. The van der Waals surface area contributed by atoms with Crippen LogP contribution < -0.4 is 4.90 Å². The first-order valence-corrected chi connectivity index (χ1v) is 19.9. The second kappa shape index (κ2) is 12.3. The Morgan fingerprint density at radius 1 is 0.436 bits per heavy atom. The van der Waals surface area contributed by atoms with E-state index in [1.807, 2.05) is 11.3 Å². The third-order valence-corrected chi connectivity index (χ3v) is 13.0. The third kappa shape index (κ3) is 4.85. The predicted molar refractivity (Wildman–Crippen MR) is 237 cm³/mol. The minimum absolute atomic E-state index is 0.130. The molecule has 2 heteroatoms. The zero-order valence-corrected chi connectivity index (χ0v) is 31.6. The lowest BCUT2D eigenvalue weighted by molar-refractivity contribution is 0.666. The molecule has 0 atom stereocenters. The molecule has 0 amide bonds. The Bertz CT molecular complexity index is 3130. The van der Waals surface area contributed by atoms with E-state index < -0.39 is 0 Å². The average molecular weight is 720 g/mol. The zero-order valence-electron chi connectivity index (χ0n) is 30.8. The Labute approximate surface area is 325 Å². The first-order valence-electron chi connectivity index (χ1n) is 19.1. The summed E-state index contributed by atoms with van der Waals surface area (Å²) in [5, 5.41) is 7.71. The molecule has 11 rings (SSSR count).